The second-order valence-electron chi connectivity index (χ2n) is 6.01. The number of carbonyl (C=O) groups excluding carboxylic acids is 1. The lowest BCUT2D eigenvalue weighted by Gasteiger charge is -2.06. The van der Waals surface area contributed by atoms with Crippen LogP contribution in [-0.2, 0) is 11.3 Å². The van der Waals surface area contributed by atoms with Gasteiger partial charge < -0.3 is 9.47 Å². The Morgan fingerprint density at radius 1 is 1.18 bits per heavy atom. The van der Waals surface area contributed by atoms with Crippen LogP contribution < -0.4 is 4.74 Å². The van der Waals surface area contributed by atoms with Crippen LogP contribution in [0.3, 0.4) is 0 Å². The number of ether oxygens (including phenoxy) is 2. The van der Waals surface area contributed by atoms with Crippen molar-refractivity contribution in [3.05, 3.63) is 71.4 Å². The van der Waals surface area contributed by atoms with Crippen molar-refractivity contribution < 1.29 is 14.3 Å². The standard InChI is InChI=1S/C21H18N2O3S2/c1-25-21(24)20-18(26-12-14-6-4-3-5-7-14)11-19(28-20)23-13-22-16-9-8-15(27-2)10-17(16)23/h3-11,13H,12H2,1-2H3. The smallest absolute Gasteiger partial charge is 0.351 e. The number of imidazole rings is 1. The zero-order chi connectivity index (χ0) is 19.5. The quantitative estimate of drug-likeness (QED) is 0.324. The van der Waals surface area contributed by atoms with Gasteiger partial charge in [0.2, 0.25) is 0 Å². The molecule has 0 bridgehead atoms. The zero-order valence-corrected chi connectivity index (χ0v) is 17.0. The third-order valence-electron chi connectivity index (χ3n) is 4.28. The molecule has 0 aliphatic heterocycles. The van der Waals surface area contributed by atoms with Gasteiger partial charge in [-0.15, -0.1) is 23.1 Å². The average Bonchev–Trinajstić information content (AvgIpc) is 3.35. The fourth-order valence-corrected chi connectivity index (χ4v) is 4.29. The monoisotopic (exact) mass is 410 g/mol. The van der Waals surface area contributed by atoms with E-state index in [9.17, 15) is 4.79 Å². The molecule has 2 heterocycles. The molecule has 28 heavy (non-hydrogen) atoms. The number of fused-ring (bicyclic) bond motifs is 1. The number of carbonyl (C=O) groups is 1. The van der Waals surface area contributed by atoms with E-state index in [0.717, 1.165) is 26.5 Å². The summed E-state index contributed by atoms with van der Waals surface area (Å²) in [5.41, 5.74) is 2.92. The van der Waals surface area contributed by atoms with Gasteiger partial charge in [-0.3, -0.25) is 4.57 Å². The summed E-state index contributed by atoms with van der Waals surface area (Å²) >= 11 is 3.01. The Morgan fingerprint density at radius 3 is 2.75 bits per heavy atom. The van der Waals surface area contributed by atoms with Gasteiger partial charge in [0.05, 0.1) is 18.1 Å². The molecule has 0 saturated carbocycles. The highest BCUT2D eigenvalue weighted by atomic mass is 32.2. The van der Waals surface area contributed by atoms with Crippen molar-refractivity contribution >= 4 is 40.1 Å². The van der Waals surface area contributed by atoms with Crippen LogP contribution in [0.2, 0.25) is 0 Å². The van der Waals surface area contributed by atoms with E-state index in [4.69, 9.17) is 9.47 Å². The summed E-state index contributed by atoms with van der Waals surface area (Å²) in [6.07, 6.45) is 3.81. The third kappa shape index (κ3) is 3.63. The van der Waals surface area contributed by atoms with E-state index in [1.165, 1.54) is 18.4 Å². The molecule has 4 rings (SSSR count). The molecule has 142 valence electrons. The summed E-state index contributed by atoms with van der Waals surface area (Å²) in [7, 11) is 1.38. The maximum Gasteiger partial charge on any atom is 0.351 e. The molecule has 0 amide bonds. The number of aromatic nitrogens is 2. The summed E-state index contributed by atoms with van der Waals surface area (Å²) in [6.45, 7) is 0.377. The zero-order valence-electron chi connectivity index (χ0n) is 15.4. The molecule has 0 atom stereocenters. The van der Waals surface area contributed by atoms with Gasteiger partial charge in [-0.2, -0.15) is 0 Å². The van der Waals surface area contributed by atoms with Gasteiger partial charge in [0.25, 0.3) is 0 Å². The number of hydrogen-bond acceptors (Lipinski definition) is 6. The second kappa shape index (κ2) is 8.08. The van der Waals surface area contributed by atoms with Gasteiger partial charge >= 0.3 is 5.97 Å². The first-order chi connectivity index (χ1) is 13.7. The topological polar surface area (TPSA) is 53.4 Å². The number of methoxy groups -OCH3 is 1. The molecule has 0 fully saturated rings. The summed E-state index contributed by atoms with van der Waals surface area (Å²) < 4.78 is 12.9. The van der Waals surface area contributed by atoms with Crippen LogP contribution in [0, 0.1) is 0 Å². The number of thiophene rings is 1. The molecule has 0 radical (unpaired) electrons. The van der Waals surface area contributed by atoms with Crippen LogP contribution in [0.4, 0.5) is 0 Å². The molecule has 0 saturated heterocycles. The average molecular weight is 411 g/mol. The summed E-state index contributed by atoms with van der Waals surface area (Å²) in [5.74, 6) is 0.104. The highest BCUT2D eigenvalue weighted by Crippen LogP contribution is 2.35. The molecule has 5 nitrogen and oxygen atoms in total. The first-order valence-corrected chi connectivity index (χ1v) is 10.6. The SMILES string of the molecule is COC(=O)c1sc(-n2cnc3ccc(SC)cc32)cc1OCc1ccccc1. The van der Waals surface area contributed by atoms with Crippen molar-refractivity contribution in [2.24, 2.45) is 0 Å². The molecule has 0 aliphatic rings. The number of rotatable bonds is 6. The van der Waals surface area contributed by atoms with Gasteiger partial charge in [0.1, 0.15) is 23.7 Å². The summed E-state index contributed by atoms with van der Waals surface area (Å²) in [4.78, 5) is 18.3. The largest absolute Gasteiger partial charge is 0.487 e. The van der Waals surface area contributed by atoms with Gasteiger partial charge in [-0.1, -0.05) is 30.3 Å². The fourth-order valence-electron chi connectivity index (χ4n) is 2.85. The summed E-state index contributed by atoms with van der Waals surface area (Å²) in [6, 6.07) is 17.9. The molecule has 2 aromatic heterocycles. The Morgan fingerprint density at radius 2 is 2.00 bits per heavy atom. The molecule has 7 heteroatoms. The molecule has 0 spiro atoms. The molecule has 4 aromatic rings. The van der Waals surface area contributed by atoms with Crippen LogP contribution in [0.15, 0.2) is 65.8 Å². The second-order valence-corrected chi connectivity index (χ2v) is 7.92. The number of nitrogens with zero attached hydrogens (tertiary/aromatic N) is 2. The predicted molar refractivity (Wildman–Crippen MR) is 113 cm³/mol. The lowest BCUT2D eigenvalue weighted by Crippen LogP contribution is -2.02. The van der Waals surface area contributed by atoms with Gasteiger partial charge in [0.15, 0.2) is 4.88 Å². The van der Waals surface area contributed by atoms with E-state index in [-0.39, 0.29) is 0 Å². The molecule has 0 aliphatic carbocycles. The minimum atomic E-state index is -0.409. The van der Waals surface area contributed by atoms with Crippen LogP contribution in [0.1, 0.15) is 15.2 Å². The number of thioether (sulfide) groups is 1. The van der Waals surface area contributed by atoms with Crippen LogP contribution in [-0.4, -0.2) is 28.9 Å². The fraction of sp³-hybridized carbons (Fsp3) is 0.143. The van der Waals surface area contributed by atoms with Crippen LogP contribution in [0.25, 0.3) is 16.0 Å². The van der Waals surface area contributed by atoms with E-state index in [0.29, 0.717) is 17.2 Å². The Kier molecular flexibility index (Phi) is 5.36. The Labute approximate surface area is 170 Å². The molecular weight excluding hydrogens is 392 g/mol. The number of hydrogen-bond donors (Lipinski definition) is 0. The van der Waals surface area contributed by atoms with Gasteiger partial charge in [-0.05, 0) is 30.0 Å². The molecule has 2 aromatic carbocycles. The van der Waals surface area contributed by atoms with Gasteiger partial charge in [-0.25, -0.2) is 9.78 Å². The normalized spacial score (nSPS) is 10.9. The highest BCUT2D eigenvalue weighted by molar-refractivity contribution is 7.98. The maximum atomic E-state index is 12.3. The molecule has 0 unspecified atom stereocenters. The van der Waals surface area contributed by atoms with Crippen molar-refractivity contribution in [2.45, 2.75) is 11.5 Å². The Balaban J connectivity index is 1.72. The third-order valence-corrected chi connectivity index (χ3v) is 6.11. The molecule has 0 N–H and O–H groups in total. The van der Waals surface area contributed by atoms with Crippen LogP contribution >= 0.6 is 23.1 Å². The van der Waals surface area contributed by atoms with E-state index in [2.05, 4.69) is 11.1 Å². The van der Waals surface area contributed by atoms with Gasteiger partial charge in [0, 0.05) is 11.0 Å². The minimum Gasteiger partial charge on any atom is -0.487 e. The first-order valence-electron chi connectivity index (χ1n) is 8.60. The van der Waals surface area contributed by atoms with E-state index in [1.54, 1.807) is 18.1 Å². The van der Waals surface area contributed by atoms with Crippen molar-refractivity contribution in [3.63, 3.8) is 0 Å². The Hall–Kier alpha value is -2.77. The summed E-state index contributed by atoms with van der Waals surface area (Å²) in [5, 5.41) is 0.851. The van der Waals surface area contributed by atoms with E-state index >= 15 is 0 Å². The highest BCUT2D eigenvalue weighted by Gasteiger charge is 2.20. The maximum absolute atomic E-state index is 12.3. The first kappa shape index (κ1) is 18.6. The predicted octanol–water partition coefficient (Wildman–Crippen LogP) is 5.17. The number of esters is 1. The lowest BCUT2D eigenvalue weighted by atomic mass is 10.2. The van der Waals surface area contributed by atoms with E-state index < -0.39 is 5.97 Å². The van der Waals surface area contributed by atoms with Crippen molar-refractivity contribution in [2.75, 3.05) is 13.4 Å². The number of benzene rings is 2. The van der Waals surface area contributed by atoms with Crippen LogP contribution in [0.5, 0.6) is 5.75 Å². The minimum absolute atomic E-state index is 0.377. The van der Waals surface area contributed by atoms with Crippen molar-refractivity contribution in [1.82, 2.24) is 9.55 Å². The lowest BCUT2D eigenvalue weighted by molar-refractivity contribution is 0.0601. The van der Waals surface area contributed by atoms with Crippen molar-refractivity contribution in [3.8, 4) is 10.8 Å². The van der Waals surface area contributed by atoms with E-state index in [1.807, 2.05) is 59.4 Å². The van der Waals surface area contributed by atoms with Crippen molar-refractivity contribution in [1.29, 1.82) is 0 Å². The Bertz CT molecular complexity index is 1120. The molecular formula is C21H18N2O3S2.